The van der Waals surface area contributed by atoms with Crippen LogP contribution in [0.25, 0.3) is 0 Å². The Balaban J connectivity index is 2.83. The van der Waals surface area contributed by atoms with Gasteiger partial charge in [0.25, 0.3) is 0 Å². The van der Waals surface area contributed by atoms with Crippen LogP contribution in [-0.4, -0.2) is 22.8 Å². The number of carboxylic acid groups (broad SMARTS) is 1. The Morgan fingerprint density at radius 1 is 1.35 bits per heavy atom. The van der Waals surface area contributed by atoms with Gasteiger partial charge in [-0.3, -0.25) is 10.1 Å². The maximum atomic E-state index is 13.8. The first kappa shape index (κ1) is 15.9. The Bertz CT molecular complexity index is 522. The van der Waals surface area contributed by atoms with Crippen LogP contribution in [0, 0.1) is 5.82 Å². The van der Waals surface area contributed by atoms with Gasteiger partial charge in [-0.2, -0.15) is 0 Å². The highest BCUT2D eigenvalue weighted by Crippen LogP contribution is 2.22. The zero-order valence-corrected chi connectivity index (χ0v) is 11.9. The van der Waals surface area contributed by atoms with Gasteiger partial charge in [0.15, 0.2) is 0 Å². The average Bonchev–Trinajstić information content (AvgIpc) is 2.25. The molecule has 0 fully saturated rings. The molecule has 0 heterocycles. The van der Waals surface area contributed by atoms with E-state index in [2.05, 4.69) is 5.32 Å². The Morgan fingerprint density at radius 3 is 2.40 bits per heavy atom. The molecule has 2 N–H and O–H groups in total. The van der Waals surface area contributed by atoms with Crippen molar-refractivity contribution in [3.8, 4) is 0 Å². The molecular weight excluding hydrogens is 265 g/mol. The van der Waals surface area contributed by atoms with Crippen LogP contribution in [0.15, 0.2) is 18.2 Å². The molecule has 0 saturated heterocycles. The van der Waals surface area contributed by atoms with Crippen LogP contribution in [0.3, 0.4) is 0 Å². The molecule has 110 valence electrons. The first-order valence-corrected chi connectivity index (χ1v) is 6.12. The van der Waals surface area contributed by atoms with E-state index >= 15 is 0 Å². The summed E-state index contributed by atoms with van der Waals surface area (Å²) >= 11 is 0. The molecule has 0 aliphatic rings. The molecule has 1 amide bonds. The molecule has 1 aromatic rings. The van der Waals surface area contributed by atoms with Gasteiger partial charge in [-0.1, -0.05) is 6.07 Å². The highest BCUT2D eigenvalue weighted by atomic mass is 19.1. The van der Waals surface area contributed by atoms with Crippen molar-refractivity contribution < 1.29 is 23.8 Å². The largest absolute Gasteiger partial charge is 0.481 e. The number of hydrogen-bond acceptors (Lipinski definition) is 3. The highest BCUT2D eigenvalue weighted by Gasteiger charge is 2.19. The Hall–Kier alpha value is -2.11. The maximum Gasteiger partial charge on any atom is 0.412 e. The Kier molecular flexibility index (Phi) is 4.70. The molecule has 0 bridgehead atoms. The summed E-state index contributed by atoms with van der Waals surface area (Å²) in [5.74, 6) is -2.75. The van der Waals surface area contributed by atoms with Crippen molar-refractivity contribution in [3.05, 3.63) is 29.6 Å². The lowest BCUT2D eigenvalue weighted by molar-refractivity contribution is -0.138. The molecule has 0 aromatic heterocycles. The van der Waals surface area contributed by atoms with E-state index in [1.807, 2.05) is 0 Å². The summed E-state index contributed by atoms with van der Waals surface area (Å²) in [5.41, 5.74) is -0.384. The number of hydrogen-bond donors (Lipinski definition) is 2. The number of carbonyl (C=O) groups is 2. The van der Waals surface area contributed by atoms with Crippen molar-refractivity contribution in [1.29, 1.82) is 0 Å². The molecule has 0 spiro atoms. The van der Waals surface area contributed by atoms with Gasteiger partial charge in [0, 0.05) is 11.3 Å². The number of benzene rings is 1. The van der Waals surface area contributed by atoms with Crippen molar-refractivity contribution in [1.82, 2.24) is 0 Å². The van der Waals surface area contributed by atoms with E-state index in [0.29, 0.717) is 0 Å². The van der Waals surface area contributed by atoms with Gasteiger partial charge in [0.05, 0.1) is 5.92 Å². The molecule has 0 aliphatic heterocycles. The van der Waals surface area contributed by atoms with Crippen molar-refractivity contribution >= 4 is 17.7 Å². The minimum absolute atomic E-state index is 0.0623. The summed E-state index contributed by atoms with van der Waals surface area (Å²) < 4.78 is 18.8. The summed E-state index contributed by atoms with van der Waals surface area (Å²) in [5, 5.41) is 11.2. The molecule has 0 aliphatic carbocycles. The molecule has 0 saturated carbocycles. The SMILES string of the molecule is CC(C(=O)O)c1ccc(NC(=O)OC(C)(C)C)cc1F. The molecule has 6 heteroatoms. The molecule has 1 atom stereocenters. The second-order valence-electron chi connectivity index (χ2n) is 5.42. The number of nitrogens with one attached hydrogen (secondary N) is 1. The third-order valence-corrected chi connectivity index (χ3v) is 2.48. The van der Waals surface area contributed by atoms with Crippen molar-refractivity contribution in [2.75, 3.05) is 5.32 Å². The number of carboxylic acids is 1. The fourth-order valence-electron chi connectivity index (χ4n) is 1.51. The van der Waals surface area contributed by atoms with Gasteiger partial charge in [0.1, 0.15) is 11.4 Å². The summed E-state index contributed by atoms with van der Waals surface area (Å²) in [7, 11) is 0. The first-order chi connectivity index (χ1) is 9.10. The van der Waals surface area contributed by atoms with Gasteiger partial charge in [-0.25, -0.2) is 9.18 Å². The molecule has 0 radical (unpaired) electrons. The predicted molar refractivity (Wildman–Crippen MR) is 72.3 cm³/mol. The normalized spacial score (nSPS) is 12.7. The number of amides is 1. The topological polar surface area (TPSA) is 75.6 Å². The van der Waals surface area contributed by atoms with E-state index in [1.165, 1.54) is 19.1 Å². The summed E-state index contributed by atoms with van der Waals surface area (Å²) in [4.78, 5) is 22.3. The van der Waals surface area contributed by atoms with Crippen LogP contribution in [-0.2, 0) is 9.53 Å². The van der Waals surface area contributed by atoms with Crippen molar-refractivity contribution in [3.63, 3.8) is 0 Å². The van der Waals surface area contributed by atoms with E-state index in [1.54, 1.807) is 20.8 Å². The van der Waals surface area contributed by atoms with Crippen LogP contribution >= 0.6 is 0 Å². The molecule has 1 rings (SSSR count). The smallest absolute Gasteiger partial charge is 0.412 e. The van der Waals surface area contributed by atoms with E-state index in [0.717, 1.165) is 6.07 Å². The van der Waals surface area contributed by atoms with Gasteiger partial charge in [-0.15, -0.1) is 0 Å². The summed E-state index contributed by atoms with van der Waals surface area (Å²) in [6.45, 7) is 6.53. The van der Waals surface area contributed by atoms with E-state index in [4.69, 9.17) is 9.84 Å². The lowest BCUT2D eigenvalue weighted by Gasteiger charge is -2.19. The third kappa shape index (κ3) is 4.53. The Morgan fingerprint density at radius 2 is 1.95 bits per heavy atom. The quantitative estimate of drug-likeness (QED) is 0.891. The minimum atomic E-state index is -1.11. The fourth-order valence-corrected chi connectivity index (χ4v) is 1.51. The molecule has 1 unspecified atom stereocenters. The van der Waals surface area contributed by atoms with E-state index < -0.39 is 29.4 Å². The predicted octanol–water partition coefficient (Wildman–Crippen LogP) is 3.36. The number of carbonyl (C=O) groups excluding carboxylic acids is 1. The number of aliphatic carboxylic acids is 1. The van der Waals surface area contributed by atoms with Gasteiger partial charge in [0.2, 0.25) is 0 Å². The fraction of sp³-hybridized carbons (Fsp3) is 0.429. The highest BCUT2D eigenvalue weighted by molar-refractivity contribution is 5.85. The lowest BCUT2D eigenvalue weighted by atomic mass is 10.0. The van der Waals surface area contributed by atoms with Gasteiger partial charge < -0.3 is 9.84 Å². The van der Waals surface area contributed by atoms with E-state index in [9.17, 15) is 14.0 Å². The molecule has 1 aromatic carbocycles. The molecule has 5 nitrogen and oxygen atoms in total. The average molecular weight is 283 g/mol. The first-order valence-electron chi connectivity index (χ1n) is 6.12. The van der Waals surface area contributed by atoms with Crippen LogP contribution < -0.4 is 5.32 Å². The summed E-state index contributed by atoms with van der Waals surface area (Å²) in [6.07, 6.45) is -0.698. The van der Waals surface area contributed by atoms with Gasteiger partial charge in [-0.05, 0) is 39.8 Å². The lowest BCUT2D eigenvalue weighted by Crippen LogP contribution is -2.27. The van der Waals surface area contributed by atoms with Gasteiger partial charge >= 0.3 is 12.1 Å². The van der Waals surface area contributed by atoms with E-state index in [-0.39, 0.29) is 11.3 Å². The number of anilines is 1. The number of ether oxygens (including phenoxy) is 1. The Labute approximate surface area is 116 Å². The zero-order valence-electron chi connectivity index (χ0n) is 11.9. The monoisotopic (exact) mass is 283 g/mol. The second kappa shape index (κ2) is 5.90. The van der Waals surface area contributed by atoms with Crippen molar-refractivity contribution in [2.45, 2.75) is 39.2 Å². The van der Waals surface area contributed by atoms with Crippen molar-refractivity contribution in [2.24, 2.45) is 0 Å². The minimum Gasteiger partial charge on any atom is -0.481 e. The molecular formula is C14H18FNO4. The molecule has 20 heavy (non-hydrogen) atoms. The van der Waals surface area contributed by atoms with Crippen LogP contribution in [0.1, 0.15) is 39.2 Å². The number of rotatable bonds is 3. The van der Waals surface area contributed by atoms with Crippen LogP contribution in [0.5, 0.6) is 0 Å². The number of halogens is 1. The maximum absolute atomic E-state index is 13.8. The zero-order chi connectivity index (χ0) is 15.5. The second-order valence-corrected chi connectivity index (χ2v) is 5.42. The van der Waals surface area contributed by atoms with Crippen LogP contribution in [0.4, 0.5) is 14.9 Å². The van der Waals surface area contributed by atoms with Crippen LogP contribution in [0.2, 0.25) is 0 Å². The standard InChI is InChI=1S/C14H18FNO4/c1-8(12(17)18)10-6-5-9(7-11(10)15)16-13(19)20-14(2,3)4/h5-8H,1-4H3,(H,16,19)(H,17,18). The summed E-state index contributed by atoms with van der Waals surface area (Å²) in [6, 6.07) is 3.83. The third-order valence-electron chi connectivity index (χ3n) is 2.48.